The van der Waals surface area contributed by atoms with Gasteiger partial charge in [0.2, 0.25) is 5.76 Å². The van der Waals surface area contributed by atoms with Gasteiger partial charge in [0, 0.05) is 10.9 Å². The first-order valence-corrected chi connectivity index (χ1v) is 5.41. The zero-order valence-corrected chi connectivity index (χ0v) is 9.60. The fourth-order valence-corrected chi connectivity index (χ4v) is 1.73. The number of para-hydroxylation sites is 1. The summed E-state index contributed by atoms with van der Waals surface area (Å²) < 4.78 is 4.89. The Morgan fingerprint density at radius 3 is 3.00 bits per heavy atom. The third-order valence-electron chi connectivity index (χ3n) is 2.66. The first-order valence-electron chi connectivity index (χ1n) is 5.41. The number of aromatic amines is 1. The van der Waals surface area contributed by atoms with E-state index in [9.17, 15) is 4.79 Å². The third-order valence-corrected chi connectivity index (χ3v) is 2.66. The number of aryl methyl sites for hydroxylation is 1. The van der Waals surface area contributed by atoms with E-state index in [0.29, 0.717) is 11.4 Å². The van der Waals surface area contributed by atoms with Crippen LogP contribution in [-0.2, 0) is 0 Å². The van der Waals surface area contributed by atoms with E-state index in [1.807, 2.05) is 24.3 Å². The summed E-state index contributed by atoms with van der Waals surface area (Å²) in [4.78, 5) is 11.9. The van der Waals surface area contributed by atoms with E-state index in [0.717, 1.165) is 10.9 Å². The topological polar surface area (TPSA) is 83.8 Å². The highest BCUT2D eigenvalue weighted by Gasteiger charge is 2.16. The molecule has 0 saturated heterocycles. The molecule has 0 radical (unpaired) electrons. The first kappa shape index (κ1) is 10.5. The number of aromatic nitrogens is 3. The Morgan fingerprint density at radius 2 is 2.22 bits per heavy atom. The van der Waals surface area contributed by atoms with Crippen molar-refractivity contribution in [2.75, 3.05) is 5.32 Å². The Hall–Kier alpha value is -2.63. The lowest BCUT2D eigenvalue weighted by Crippen LogP contribution is -2.12. The SMILES string of the molecule is Cc1cnoc1C(=O)Nc1n[nH]c2ccccc12. The molecule has 0 fully saturated rings. The quantitative estimate of drug-likeness (QED) is 0.720. The van der Waals surface area contributed by atoms with Gasteiger partial charge in [-0.2, -0.15) is 5.10 Å². The molecule has 2 aromatic heterocycles. The van der Waals surface area contributed by atoms with E-state index < -0.39 is 0 Å². The summed E-state index contributed by atoms with van der Waals surface area (Å²) in [6.07, 6.45) is 1.50. The number of nitrogens with zero attached hydrogens (tertiary/aromatic N) is 2. The predicted octanol–water partition coefficient (Wildman–Crippen LogP) is 2.11. The van der Waals surface area contributed by atoms with Gasteiger partial charge in [0.15, 0.2) is 5.82 Å². The van der Waals surface area contributed by atoms with E-state index in [1.165, 1.54) is 6.20 Å². The molecular weight excluding hydrogens is 232 g/mol. The largest absolute Gasteiger partial charge is 0.351 e. The summed E-state index contributed by atoms with van der Waals surface area (Å²) in [5.74, 6) is 0.315. The lowest BCUT2D eigenvalue weighted by Gasteiger charge is -1.99. The number of benzene rings is 1. The molecule has 1 aromatic carbocycles. The maximum atomic E-state index is 11.9. The Bertz CT molecular complexity index is 714. The van der Waals surface area contributed by atoms with Crippen LogP contribution in [0.25, 0.3) is 10.9 Å². The fourth-order valence-electron chi connectivity index (χ4n) is 1.73. The van der Waals surface area contributed by atoms with Crippen molar-refractivity contribution in [1.82, 2.24) is 15.4 Å². The molecule has 18 heavy (non-hydrogen) atoms. The van der Waals surface area contributed by atoms with Crippen LogP contribution in [0.2, 0.25) is 0 Å². The van der Waals surface area contributed by atoms with Crippen molar-refractivity contribution < 1.29 is 9.32 Å². The zero-order valence-electron chi connectivity index (χ0n) is 9.60. The summed E-state index contributed by atoms with van der Waals surface area (Å²) in [7, 11) is 0. The van der Waals surface area contributed by atoms with Crippen LogP contribution in [-0.4, -0.2) is 21.3 Å². The number of carbonyl (C=O) groups is 1. The molecule has 6 heteroatoms. The van der Waals surface area contributed by atoms with E-state index in [-0.39, 0.29) is 11.7 Å². The van der Waals surface area contributed by atoms with Gasteiger partial charge in [0.25, 0.3) is 5.91 Å². The Morgan fingerprint density at radius 1 is 1.39 bits per heavy atom. The summed E-state index contributed by atoms with van der Waals surface area (Å²) in [5, 5.41) is 14.0. The van der Waals surface area contributed by atoms with Crippen molar-refractivity contribution >= 4 is 22.6 Å². The molecule has 0 aliphatic rings. The lowest BCUT2D eigenvalue weighted by atomic mass is 10.2. The monoisotopic (exact) mass is 242 g/mol. The minimum atomic E-state index is -0.359. The number of nitrogens with one attached hydrogen (secondary N) is 2. The van der Waals surface area contributed by atoms with Crippen LogP contribution < -0.4 is 5.32 Å². The molecule has 0 saturated carbocycles. The van der Waals surface area contributed by atoms with E-state index in [2.05, 4.69) is 20.7 Å². The van der Waals surface area contributed by atoms with Gasteiger partial charge in [-0.3, -0.25) is 9.89 Å². The fraction of sp³-hybridized carbons (Fsp3) is 0.0833. The number of H-pyrrole nitrogens is 1. The molecule has 3 rings (SSSR count). The van der Waals surface area contributed by atoms with Crippen molar-refractivity contribution in [2.45, 2.75) is 6.92 Å². The van der Waals surface area contributed by atoms with Crippen LogP contribution in [0.1, 0.15) is 16.1 Å². The second kappa shape index (κ2) is 3.99. The van der Waals surface area contributed by atoms with Crippen molar-refractivity contribution in [1.29, 1.82) is 0 Å². The molecule has 90 valence electrons. The summed E-state index contributed by atoms with van der Waals surface area (Å²) in [6, 6.07) is 7.54. The number of hydrogen-bond acceptors (Lipinski definition) is 4. The Labute approximate surface area is 102 Å². The number of carbonyl (C=O) groups excluding carboxylic acids is 1. The molecule has 2 N–H and O–H groups in total. The van der Waals surface area contributed by atoms with E-state index in [4.69, 9.17) is 4.52 Å². The van der Waals surface area contributed by atoms with Crippen LogP contribution in [0.5, 0.6) is 0 Å². The molecule has 0 aliphatic carbocycles. The molecule has 0 atom stereocenters. The highest BCUT2D eigenvalue weighted by Crippen LogP contribution is 2.20. The van der Waals surface area contributed by atoms with Crippen molar-refractivity contribution in [3.8, 4) is 0 Å². The number of rotatable bonds is 2. The van der Waals surface area contributed by atoms with Crippen LogP contribution in [0.4, 0.5) is 5.82 Å². The van der Waals surface area contributed by atoms with Crippen LogP contribution in [0, 0.1) is 6.92 Å². The average Bonchev–Trinajstić information content (AvgIpc) is 2.97. The number of anilines is 1. The molecule has 2 heterocycles. The minimum absolute atomic E-state index is 0.196. The summed E-state index contributed by atoms with van der Waals surface area (Å²) >= 11 is 0. The van der Waals surface area contributed by atoms with Crippen molar-refractivity contribution in [3.63, 3.8) is 0 Å². The Balaban J connectivity index is 1.93. The van der Waals surface area contributed by atoms with Gasteiger partial charge in [-0.25, -0.2) is 0 Å². The smallest absolute Gasteiger partial charge is 0.295 e. The number of fused-ring (bicyclic) bond motifs is 1. The summed E-state index contributed by atoms with van der Waals surface area (Å²) in [6.45, 7) is 1.76. The average molecular weight is 242 g/mol. The van der Waals surface area contributed by atoms with E-state index >= 15 is 0 Å². The van der Waals surface area contributed by atoms with Crippen molar-refractivity contribution in [2.24, 2.45) is 0 Å². The summed E-state index contributed by atoms with van der Waals surface area (Å²) in [5.41, 5.74) is 1.55. The number of amides is 1. The number of hydrogen-bond donors (Lipinski definition) is 2. The molecule has 0 spiro atoms. The molecule has 6 nitrogen and oxygen atoms in total. The van der Waals surface area contributed by atoms with Crippen molar-refractivity contribution in [3.05, 3.63) is 41.8 Å². The highest BCUT2D eigenvalue weighted by molar-refractivity contribution is 6.06. The zero-order chi connectivity index (χ0) is 12.5. The van der Waals surface area contributed by atoms with Gasteiger partial charge >= 0.3 is 0 Å². The van der Waals surface area contributed by atoms with Gasteiger partial charge in [-0.15, -0.1) is 0 Å². The second-order valence-electron chi connectivity index (χ2n) is 3.91. The Kier molecular flexibility index (Phi) is 2.33. The molecule has 3 aromatic rings. The molecule has 0 unspecified atom stereocenters. The minimum Gasteiger partial charge on any atom is -0.351 e. The maximum Gasteiger partial charge on any atom is 0.295 e. The van der Waals surface area contributed by atoms with E-state index in [1.54, 1.807) is 6.92 Å². The molecule has 0 aliphatic heterocycles. The van der Waals surface area contributed by atoms with Crippen LogP contribution in [0.15, 0.2) is 35.0 Å². The van der Waals surface area contributed by atoms with Gasteiger partial charge in [0.1, 0.15) is 0 Å². The predicted molar refractivity (Wildman–Crippen MR) is 65.3 cm³/mol. The molecule has 0 bridgehead atoms. The molecule has 1 amide bonds. The van der Waals surface area contributed by atoms with Gasteiger partial charge in [0.05, 0.1) is 11.7 Å². The van der Waals surface area contributed by atoms with Crippen LogP contribution >= 0.6 is 0 Å². The molecular formula is C12H10N4O2. The first-order chi connectivity index (χ1) is 8.75. The second-order valence-corrected chi connectivity index (χ2v) is 3.91. The lowest BCUT2D eigenvalue weighted by molar-refractivity contribution is 0.0987. The highest BCUT2D eigenvalue weighted by atomic mass is 16.5. The third kappa shape index (κ3) is 1.64. The standard InChI is InChI=1S/C12H10N4O2/c1-7-6-13-18-10(7)12(17)14-11-8-4-2-3-5-9(8)15-16-11/h2-6H,1H3,(H2,14,15,16,17). The maximum absolute atomic E-state index is 11.9. The van der Waals surface area contributed by atoms with Gasteiger partial charge in [-0.1, -0.05) is 17.3 Å². The van der Waals surface area contributed by atoms with Gasteiger partial charge < -0.3 is 9.84 Å². The van der Waals surface area contributed by atoms with Crippen LogP contribution in [0.3, 0.4) is 0 Å². The normalized spacial score (nSPS) is 10.7. The van der Waals surface area contributed by atoms with Gasteiger partial charge in [-0.05, 0) is 19.1 Å².